The molecule has 0 aliphatic heterocycles. The van der Waals surface area contributed by atoms with Crippen LogP contribution < -0.4 is 15.4 Å². The van der Waals surface area contributed by atoms with Crippen LogP contribution in [0.3, 0.4) is 0 Å². The summed E-state index contributed by atoms with van der Waals surface area (Å²) in [5, 5.41) is 5.66. The van der Waals surface area contributed by atoms with Crippen molar-refractivity contribution in [3.8, 4) is 5.75 Å². The highest BCUT2D eigenvalue weighted by atomic mass is 16.5. The molecule has 0 aromatic heterocycles. The number of hydrogen-bond acceptors (Lipinski definition) is 3. The second-order valence-corrected chi connectivity index (χ2v) is 6.49. The van der Waals surface area contributed by atoms with E-state index in [4.69, 9.17) is 4.74 Å². The lowest BCUT2D eigenvalue weighted by Crippen LogP contribution is -2.34. The largest absolute Gasteiger partial charge is 0.481 e. The minimum atomic E-state index is -0.640. The molecule has 0 spiro atoms. The van der Waals surface area contributed by atoms with Crippen molar-refractivity contribution < 1.29 is 14.3 Å². The summed E-state index contributed by atoms with van der Waals surface area (Å²) in [6.07, 6.45) is -0.126. The molecule has 2 amide bonds. The summed E-state index contributed by atoms with van der Waals surface area (Å²) in [7, 11) is 0. The summed E-state index contributed by atoms with van der Waals surface area (Å²) >= 11 is 0. The maximum atomic E-state index is 12.6. The number of anilines is 1. The van der Waals surface area contributed by atoms with Crippen LogP contribution in [-0.2, 0) is 4.79 Å². The lowest BCUT2D eigenvalue weighted by Gasteiger charge is -2.19. The van der Waals surface area contributed by atoms with Crippen LogP contribution in [0.1, 0.15) is 43.1 Å². The van der Waals surface area contributed by atoms with Crippen LogP contribution in [0.25, 0.3) is 0 Å². The highest BCUT2D eigenvalue weighted by molar-refractivity contribution is 6.04. The van der Waals surface area contributed by atoms with E-state index in [0.29, 0.717) is 23.4 Å². The van der Waals surface area contributed by atoms with Crippen LogP contribution in [-0.4, -0.2) is 24.0 Å². The Morgan fingerprint density at radius 1 is 1.04 bits per heavy atom. The maximum absolute atomic E-state index is 12.6. The number of benzene rings is 2. The SMILES string of the molecule is CC[C@H](Oc1ccc(C)cc1)C(=O)Nc1ccccc1C(=O)NC(C)C. The van der Waals surface area contributed by atoms with Gasteiger partial charge in [-0.25, -0.2) is 0 Å². The highest BCUT2D eigenvalue weighted by Gasteiger charge is 2.21. The third-order valence-corrected chi connectivity index (χ3v) is 3.81. The fraction of sp³-hybridized carbons (Fsp3) is 0.333. The van der Waals surface area contributed by atoms with E-state index >= 15 is 0 Å². The van der Waals surface area contributed by atoms with Crippen molar-refractivity contribution in [2.24, 2.45) is 0 Å². The van der Waals surface area contributed by atoms with Crippen LogP contribution in [0.2, 0.25) is 0 Å². The Bertz CT molecular complexity index is 754. The van der Waals surface area contributed by atoms with E-state index < -0.39 is 6.10 Å². The zero-order valence-electron chi connectivity index (χ0n) is 15.7. The van der Waals surface area contributed by atoms with Gasteiger partial charge in [-0.05, 0) is 51.5 Å². The first kappa shape index (κ1) is 19.5. The summed E-state index contributed by atoms with van der Waals surface area (Å²) in [4.78, 5) is 25.0. The first-order chi connectivity index (χ1) is 12.4. The summed E-state index contributed by atoms with van der Waals surface area (Å²) in [6, 6.07) is 14.5. The fourth-order valence-electron chi connectivity index (χ4n) is 2.45. The molecule has 138 valence electrons. The lowest BCUT2D eigenvalue weighted by molar-refractivity contribution is -0.122. The predicted molar refractivity (Wildman–Crippen MR) is 104 cm³/mol. The van der Waals surface area contributed by atoms with Crippen molar-refractivity contribution in [2.45, 2.75) is 46.3 Å². The van der Waals surface area contributed by atoms with E-state index in [1.807, 2.05) is 52.0 Å². The van der Waals surface area contributed by atoms with Gasteiger partial charge in [0, 0.05) is 6.04 Å². The van der Waals surface area contributed by atoms with Gasteiger partial charge in [0.1, 0.15) is 5.75 Å². The van der Waals surface area contributed by atoms with E-state index in [-0.39, 0.29) is 17.9 Å². The monoisotopic (exact) mass is 354 g/mol. The Hall–Kier alpha value is -2.82. The number of aryl methyl sites for hydroxylation is 1. The van der Waals surface area contributed by atoms with Gasteiger partial charge in [-0.15, -0.1) is 0 Å². The molecule has 0 aliphatic carbocycles. The fourth-order valence-corrected chi connectivity index (χ4v) is 2.45. The molecule has 0 saturated heterocycles. The molecular weight excluding hydrogens is 328 g/mol. The van der Waals surface area contributed by atoms with E-state index in [1.54, 1.807) is 24.3 Å². The first-order valence-electron chi connectivity index (χ1n) is 8.84. The number of amides is 2. The molecule has 1 atom stereocenters. The van der Waals surface area contributed by atoms with Crippen LogP contribution in [0.5, 0.6) is 5.75 Å². The molecule has 5 nitrogen and oxygen atoms in total. The Balaban J connectivity index is 2.12. The summed E-state index contributed by atoms with van der Waals surface area (Å²) < 4.78 is 5.80. The molecule has 0 radical (unpaired) electrons. The first-order valence-corrected chi connectivity index (χ1v) is 8.84. The molecule has 0 bridgehead atoms. The van der Waals surface area contributed by atoms with Gasteiger partial charge in [-0.2, -0.15) is 0 Å². The topological polar surface area (TPSA) is 67.4 Å². The molecule has 0 heterocycles. The van der Waals surface area contributed by atoms with Crippen molar-refractivity contribution in [1.29, 1.82) is 0 Å². The standard InChI is InChI=1S/C21H26N2O3/c1-5-19(26-16-12-10-15(4)11-13-16)21(25)23-18-9-7-6-8-17(18)20(24)22-14(2)3/h6-14,19H,5H2,1-4H3,(H,22,24)(H,23,25)/t19-/m0/s1. The van der Waals surface area contributed by atoms with Crippen molar-refractivity contribution in [1.82, 2.24) is 5.32 Å². The van der Waals surface area contributed by atoms with Crippen LogP contribution in [0.15, 0.2) is 48.5 Å². The Kier molecular flexibility index (Phi) is 6.78. The minimum Gasteiger partial charge on any atom is -0.481 e. The molecule has 2 aromatic rings. The molecule has 0 saturated carbocycles. The Morgan fingerprint density at radius 2 is 1.69 bits per heavy atom. The third-order valence-electron chi connectivity index (χ3n) is 3.81. The Labute approximate surface area is 154 Å². The number of hydrogen-bond donors (Lipinski definition) is 2. The smallest absolute Gasteiger partial charge is 0.265 e. The zero-order valence-corrected chi connectivity index (χ0v) is 15.7. The van der Waals surface area contributed by atoms with Gasteiger partial charge in [-0.1, -0.05) is 36.8 Å². The van der Waals surface area contributed by atoms with Gasteiger partial charge in [0.2, 0.25) is 0 Å². The average molecular weight is 354 g/mol. The van der Waals surface area contributed by atoms with Crippen molar-refractivity contribution in [2.75, 3.05) is 5.32 Å². The number of nitrogens with one attached hydrogen (secondary N) is 2. The van der Waals surface area contributed by atoms with E-state index in [1.165, 1.54) is 0 Å². The normalized spacial score (nSPS) is 11.7. The van der Waals surface area contributed by atoms with Crippen molar-refractivity contribution in [3.63, 3.8) is 0 Å². The molecule has 26 heavy (non-hydrogen) atoms. The predicted octanol–water partition coefficient (Wildman–Crippen LogP) is 3.93. The molecule has 2 N–H and O–H groups in total. The summed E-state index contributed by atoms with van der Waals surface area (Å²) in [5.41, 5.74) is 2.03. The van der Waals surface area contributed by atoms with Gasteiger partial charge in [0.05, 0.1) is 11.3 Å². The number of carbonyl (C=O) groups excluding carboxylic acids is 2. The van der Waals surface area contributed by atoms with Gasteiger partial charge in [-0.3, -0.25) is 9.59 Å². The highest BCUT2D eigenvalue weighted by Crippen LogP contribution is 2.18. The quantitative estimate of drug-likeness (QED) is 0.792. The van der Waals surface area contributed by atoms with Gasteiger partial charge < -0.3 is 15.4 Å². The molecule has 0 unspecified atom stereocenters. The van der Waals surface area contributed by atoms with Crippen molar-refractivity contribution >= 4 is 17.5 Å². The van der Waals surface area contributed by atoms with Gasteiger partial charge in [0.15, 0.2) is 6.10 Å². The molecule has 0 fully saturated rings. The van der Waals surface area contributed by atoms with Crippen LogP contribution in [0.4, 0.5) is 5.69 Å². The molecule has 0 aliphatic rings. The Morgan fingerprint density at radius 3 is 2.31 bits per heavy atom. The minimum absolute atomic E-state index is 0.0134. The third kappa shape index (κ3) is 5.34. The molecule has 5 heteroatoms. The second-order valence-electron chi connectivity index (χ2n) is 6.49. The molecule has 2 aromatic carbocycles. The molecular formula is C21H26N2O3. The summed E-state index contributed by atoms with van der Waals surface area (Å²) in [5.74, 6) is 0.143. The van der Waals surface area contributed by atoms with E-state index in [9.17, 15) is 9.59 Å². The maximum Gasteiger partial charge on any atom is 0.265 e. The summed E-state index contributed by atoms with van der Waals surface area (Å²) in [6.45, 7) is 7.66. The molecule has 2 rings (SSSR count). The van der Waals surface area contributed by atoms with Gasteiger partial charge >= 0.3 is 0 Å². The van der Waals surface area contributed by atoms with Crippen LogP contribution >= 0.6 is 0 Å². The second kappa shape index (κ2) is 9.04. The number of para-hydroxylation sites is 1. The number of ether oxygens (including phenoxy) is 1. The van der Waals surface area contributed by atoms with Gasteiger partial charge in [0.25, 0.3) is 11.8 Å². The lowest BCUT2D eigenvalue weighted by atomic mass is 10.1. The van der Waals surface area contributed by atoms with E-state index in [0.717, 1.165) is 5.56 Å². The zero-order chi connectivity index (χ0) is 19.1. The average Bonchev–Trinajstić information content (AvgIpc) is 2.61. The van der Waals surface area contributed by atoms with E-state index in [2.05, 4.69) is 10.6 Å². The number of carbonyl (C=O) groups is 2. The number of rotatable bonds is 7. The van der Waals surface area contributed by atoms with Crippen LogP contribution in [0, 0.1) is 6.92 Å². The van der Waals surface area contributed by atoms with Crippen molar-refractivity contribution in [3.05, 3.63) is 59.7 Å².